The van der Waals surface area contributed by atoms with E-state index in [-0.39, 0.29) is 5.69 Å². The number of hydrogen-bond donors (Lipinski definition) is 2. The highest BCUT2D eigenvalue weighted by Gasteiger charge is 2.12. The van der Waals surface area contributed by atoms with Crippen molar-refractivity contribution in [3.63, 3.8) is 0 Å². The molecule has 2 N–H and O–H groups in total. The quantitative estimate of drug-likeness (QED) is 0.664. The number of amides is 1. The third kappa shape index (κ3) is 4.74. The summed E-state index contributed by atoms with van der Waals surface area (Å²) in [6, 6.07) is 13.1. The van der Waals surface area contributed by atoms with E-state index < -0.39 is 5.91 Å². The number of ether oxygens (including phenoxy) is 1. The molecule has 0 atom stereocenters. The number of halogens is 1. The van der Waals surface area contributed by atoms with Crippen LogP contribution < -0.4 is 15.4 Å². The van der Waals surface area contributed by atoms with E-state index in [9.17, 15) is 4.79 Å². The van der Waals surface area contributed by atoms with Crippen LogP contribution in [0.25, 0.3) is 0 Å². The largest absolute Gasteiger partial charge is 0.495 e. The van der Waals surface area contributed by atoms with E-state index in [1.807, 2.05) is 12.1 Å². The second-order valence-electron chi connectivity index (χ2n) is 5.87. The van der Waals surface area contributed by atoms with Crippen LogP contribution >= 0.6 is 11.6 Å². The number of aromatic nitrogens is 2. The van der Waals surface area contributed by atoms with Gasteiger partial charge in [0.1, 0.15) is 17.3 Å². The molecule has 0 unspecified atom stereocenters. The van der Waals surface area contributed by atoms with E-state index in [0.717, 1.165) is 0 Å². The van der Waals surface area contributed by atoms with Crippen molar-refractivity contribution in [2.75, 3.05) is 17.7 Å². The molecule has 6 nitrogen and oxygen atoms in total. The molecular weight excluding hydrogens is 364 g/mol. The lowest BCUT2D eigenvalue weighted by Gasteiger charge is -2.11. The molecule has 3 rings (SSSR count). The third-order valence-electron chi connectivity index (χ3n) is 4.02. The average molecular weight is 383 g/mol. The first-order valence-corrected chi connectivity index (χ1v) is 8.70. The molecule has 7 heteroatoms. The van der Waals surface area contributed by atoms with Gasteiger partial charge in [0.2, 0.25) is 0 Å². The molecule has 0 aliphatic heterocycles. The summed E-state index contributed by atoms with van der Waals surface area (Å²) >= 11 is 5.98. The van der Waals surface area contributed by atoms with Crippen LogP contribution in [0.4, 0.5) is 11.5 Å². The number of anilines is 2. The summed E-state index contributed by atoms with van der Waals surface area (Å²) in [7, 11) is 1.52. The van der Waals surface area contributed by atoms with Gasteiger partial charge in [-0.2, -0.15) is 0 Å². The topological polar surface area (TPSA) is 76.1 Å². The van der Waals surface area contributed by atoms with Crippen LogP contribution in [0.5, 0.6) is 5.75 Å². The zero-order valence-corrected chi connectivity index (χ0v) is 15.7. The number of carbonyl (C=O) groups is 1. The highest BCUT2D eigenvalue weighted by Crippen LogP contribution is 2.28. The molecule has 0 aliphatic rings. The second-order valence-corrected chi connectivity index (χ2v) is 6.30. The SMILES string of the molecule is COc1ccc(Cl)cc1NC(=O)c1cnc(NCc2ccccc2C)cn1. The van der Waals surface area contributed by atoms with Gasteiger partial charge in [-0.25, -0.2) is 9.97 Å². The van der Waals surface area contributed by atoms with Gasteiger partial charge in [-0.05, 0) is 36.2 Å². The van der Waals surface area contributed by atoms with Crippen molar-refractivity contribution in [2.24, 2.45) is 0 Å². The van der Waals surface area contributed by atoms with E-state index >= 15 is 0 Å². The van der Waals surface area contributed by atoms with Crippen LogP contribution in [0.3, 0.4) is 0 Å². The van der Waals surface area contributed by atoms with Gasteiger partial charge < -0.3 is 15.4 Å². The maximum Gasteiger partial charge on any atom is 0.275 e. The number of aryl methyl sites for hydroxylation is 1. The standard InChI is InChI=1S/C20H19ClN4O2/c1-13-5-3-4-6-14(13)10-23-19-12-22-17(11-24-19)20(26)25-16-9-15(21)7-8-18(16)27-2/h3-9,11-12H,10H2,1-2H3,(H,23,24)(H,25,26). The van der Waals surface area contributed by atoms with Crippen molar-refractivity contribution in [1.29, 1.82) is 0 Å². The lowest BCUT2D eigenvalue weighted by Crippen LogP contribution is -2.15. The Hall–Kier alpha value is -3.12. The van der Waals surface area contributed by atoms with Gasteiger partial charge in [-0.3, -0.25) is 4.79 Å². The fourth-order valence-corrected chi connectivity index (χ4v) is 2.67. The Kier molecular flexibility index (Phi) is 5.88. The van der Waals surface area contributed by atoms with Crippen LogP contribution in [0.15, 0.2) is 54.9 Å². The van der Waals surface area contributed by atoms with Gasteiger partial charge in [0.15, 0.2) is 0 Å². The predicted octanol–water partition coefficient (Wildman–Crippen LogP) is 4.31. The molecule has 0 saturated heterocycles. The summed E-state index contributed by atoms with van der Waals surface area (Å²) in [4.78, 5) is 20.8. The number of methoxy groups -OCH3 is 1. The number of nitrogens with one attached hydrogen (secondary N) is 2. The Morgan fingerprint density at radius 1 is 1.15 bits per heavy atom. The predicted molar refractivity (Wildman–Crippen MR) is 106 cm³/mol. The lowest BCUT2D eigenvalue weighted by atomic mass is 10.1. The molecule has 1 heterocycles. The molecular formula is C20H19ClN4O2. The van der Waals surface area contributed by atoms with E-state index in [0.29, 0.717) is 28.8 Å². The molecule has 27 heavy (non-hydrogen) atoms. The fraction of sp³-hybridized carbons (Fsp3) is 0.150. The van der Waals surface area contributed by atoms with Crippen molar-refractivity contribution in [2.45, 2.75) is 13.5 Å². The zero-order chi connectivity index (χ0) is 19.2. The number of rotatable bonds is 6. The van der Waals surface area contributed by atoms with Crippen LogP contribution in [-0.4, -0.2) is 23.0 Å². The van der Waals surface area contributed by atoms with Gasteiger partial charge >= 0.3 is 0 Å². The minimum absolute atomic E-state index is 0.193. The smallest absolute Gasteiger partial charge is 0.275 e. The lowest BCUT2D eigenvalue weighted by molar-refractivity contribution is 0.102. The monoisotopic (exact) mass is 382 g/mol. The zero-order valence-electron chi connectivity index (χ0n) is 15.0. The van der Waals surface area contributed by atoms with Crippen LogP contribution in [-0.2, 0) is 6.54 Å². The summed E-state index contributed by atoms with van der Waals surface area (Å²) in [5, 5.41) is 6.43. The summed E-state index contributed by atoms with van der Waals surface area (Å²) in [6.45, 7) is 2.69. The molecule has 3 aromatic rings. The highest BCUT2D eigenvalue weighted by atomic mass is 35.5. The van der Waals surface area contributed by atoms with Crippen molar-refractivity contribution < 1.29 is 9.53 Å². The molecule has 0 bridgehead atoms. The Morgan fingerprint density at radius 3 is 2.67 bits per heavy atom. The van der Waals surface area contributed by atoms with Crippen molar-refractivity contribution in [3.8, 4) is 5.75 Å². The molecule has 0 aliphatic carbocycles. The molecule has 2 aromatic carbocycles. The van der Waals surface area contributed by atoms with E-state index in [1.165, 1.54) is 30.6 Å². The first-order chi connectivity index (χ1) is 13.1. The van der Waals surface area contributed by atoms with Gasteiger partial charge in [0.05, 0.1) is 25.2 Å². The molecule has 0 saturated carbocycles. The Labute approximate surface area is 162 Å². The number of benzene rings is 2. The van der Waals surface area contributed by atoms with Crippen molar-refractivity contribution >= 4 is 29.0 Å². The van der Waals surface area contributed by atoms with Crippen LogP contribution in [0.2, 0.25) is 5.02 Å². The Bertz CT molecular complexity index is 945. The van der Waals surface area contributed by atoms with Crippen LogP contribution in [0, 0.1) is 6.92 Å². The number of hydrogen-bond acceptors (Lipinski definition) is 5. The van der Waals surface area contributed by atoms with Gasteiger partial charge in [-0.1, -0.05) is 35.9 Å². The molecule has 0 radical (unpaired) electrons. The summed E-state index contributed by atoms with van der Waals surface area (Å²) < 4.78 is 5.22. The van der Waals surface area contributed by atoms with Crippen molar-refractivity contribution in [1.82, 2.24) is 9.97 Å². The summed E-state index contributed by atoms with van der Waals surface area (Å²) in [5.41, 5.74) is 3.04. The summed E-state index contributed by atoms with van der Waals surface area (Å²) in [6.07, 6.45) is 2.95. The Morgan fingerprint density at radius 2 is 1.96 bits per heavy atom. The number of carbonyl (C=O) groups excluding carboxylic acids is 1. The van der Waals surface area contributed by atoms with Gasteiger partial charge in [0.25, 0.3) is 5.91 Å². The Balaban J connectivity index is 1.65. The minimum atomic E-state index is -0.395. The van der Waals surface area contributed by atoms with Crippen molar-refractivity contribution in [3.05, 3.63) is 76.7 Å². The highest BCUT2D eigenvalue weighted by molar-refractivity contribution is 6.31. The molecule has 138 valence electrons. The summed E-state index contributed by atoms with van der Waals surface area (Å²) in [5.74, 6) is 0.709. The van der Waals surface area contributed by atoms with Gasteiger partial charge in [-0.15, -0.1) is 0 Å². The maximum absolute atomic E-state index is 12.4. The minimum Gasteiger partial charge on any atom is -0.495 e. The normalized spacial score (nSPS) is 10.3. The first-order valence-electron chi connectivity index (χ1n) is 8.32. The van der Waals surface area contributed by atoms with Crippen LogP contribution in [0.1, 0.15) is 21.6 Å². The first kappa shape index (κ1) is 18.7. The van der Waals surface area contributed by atoms with E-state index in [1.54, 1.807) is 18.2 Å². The third-order valence-corrected chi connectivity index (χ3v) is 4.25. The average Bonchev–Trinajstić information content (AvgIpc) is 2.68. The molecule has 0 fully saturated rings. The van der Waals surface area contributed by atoms with E-state index in [4.69, 9.17) is 16.3 Å². The van der Waals surface area contributed by atoms with E-state index in [2.05, 4.69) is 39.7 Å². The van der Waals surface area contributed by atoms with Gasteiger partial charge in [0, 0.05) is 11.6 Å². The molecule has 0 spiro atoms. The molecule has 1 amide bonds. The number of nitrogens with zero attached hydrogens (tertiary/aromatic N) is 2. The molecule has 1 aromatic heterocycles. The second kappa shape index (κ2) is 8.51. The fourth-order valence-electron chi connectivity index (χ4n) is 2.50. The maximum atomic E-state index is 12.4.